The number of aryl methyl sites for hydroxylation is 1. The molecule has 2 aromatic rings. The highest BCUT2D eigenvalue weighted by Gasteiger charge is 2.08. The van der Waals surface area contributed by atoms with Crippen molar-refractivity contribution in [2.75, 3.05) is 0 Å². The molecule has 1 aromatic carbocycles. The molecule has 0 aliphatic carbocycles. The van der Waals surface area contributed by atoms with Crippen molar-refractivity contribution in [1.82, 2.24) is 0 Å². The van der Waals surface area contributed by atoms with Gasteiger partial charge in [-0.1, -0.05) is 24.3 Å². The molecule has 0 amide bonds. The molecule has 1 heterocycles. The highest BCUT2D eigenvalue weighted by Crippen LogP contribution is 2.13. The van der Waals surface area contributed by atoms with Crippen LogP contribution in [0.3, 0.4) is 0 Å². The topological polar surface area (TPSA) is 52.1 Å². The molecular weight excluding hydrogens is 236 g/mol. The van der Waals surface area contributed by atoms with Crippen molar-refractivity contribution in [3.63, 3.8) is 0 Å². The number of rotatable bonds is 3. The van der Waals surface area contributed by atoms with E-state index in [1.165, 1.54) is 16.8 Å². The van der Waals surface area contributed by atoms with Crippen molar-refractivity contribution >= 4 is 10.0 Å². The molecule has 2 rings (SSSR count). The van der Waals surface area contributed by atoms with Crippen molar-refractivity contribution < 1.29 is 13.1 Å². The van der Waals surface area contributed by atoms with Crippen LogP contribution in [0.1, 0.15) is 5.69 Å². The maximum Gasteiger partial charge on any atom is 0.174 e. The van der Waals surface area contributed by atoms with E-state index in [-0.39, 0.29) is 4.90 Å². The maximum atomic E-state index is 12.0. The van der Waals surface area contributed by atoms with Crippen LogP contribution >= 0.6 is 0 Å². The number of benzene rings is 1. The SMILES string of the molecule is Cc1cccc[n+]1[N-]S(=O)(=O)c1ccccc1. The van der Waals surface area contributed by atoms with Gasteiger partial charge in [-0.05, 0) is 12.1 Å². The van der Waals surface area contributed by atoms with E-state index in [4.69, 9.17) is 0 Å². The van der Waals surface area contributed by atoms with Gasteiger partial charge < -0.3 is 4.83 Å². The van der Waals surface area contributed by atoms with Gasteiger partial charge in [-0.2, -0.15) is 0 Å². The molecule has 17 heavy (non-hydrogen) atoms. The molecule has 0 atom stereocenters. The Kier molecular flexibility index (Phi) is 3.10. The van der Waals surface area contributed by atoms with Crippen LogP contribution in [0.15, 0.2) is 59.6 Å². The molecule has 4 nitrogen and oxygen atoms in total. The first-order chi connectivity index (χ1) is 8.09. The van der Waals surface area contributed by atoms with Crippen LogP contribution < -0.4 is 4.68 Å². The minimum absolute atomic E-state index is 0.191. The molecular formula is C12H12N2O2S. The van der Waals surface area contributed by atoms with E-state index in [1.807, 2.05) is 6.07 Å². The fraction of sp³-hybridized carbons (Fsp3) is 0.0833. The molecule has 0 N–H and O–H groups in total. The zero-order valence-corrected chi connectivity index (χ0v) is 10.1. The van der Waals surface area contributed by atoms with E-state index >= 15 is 0 Å². The molecule has 0 aliphatic rings. The minimum atomic E-state index is -3.65. The molecule has 0 bridgehead atoms. The van der Waals surface area contributed by atoms with Gasteiger partial charge in [-0.15, -0.1) is 0 Å². The number of nitrogens with zero attached hydrogens (tertiary/aromatic N) is 2. The van der Waals surface area contributed by atoms with Gasteiger partial charge in [-0.25, -0.2) is 13.1 Å². The number of sulfonamides is 1. The lowest BCUT2D eigenvalue weighted by molar-refractivity contribution is -0.620. The lowest BCUT2D eigenvalue weighted by Gasteiger charge is -2.15. The number of pyridine rings is 1. The van der Waals surface area contributed by atoms with Gasteiger partial charge in [-0.3, -0.25) is 0 Å². The Labute approximate surface area is 101 Å². The van der Waals surface area contributed by atoms with Gasteiger partial charge in [0.05, 0.1) is 4.90 Å². The third kappa shape index (κ3) is 2.62. The third-order valence-electron chi connectivity index (χ3n) is 2.27. The summed E-state index contributed by atoms with van der Waals surface area (Å²) in [5, 5.41) is 0. The van der Waals surface area contributed by atoms with Crippen LogP contribution in [0.25, 0.3) is 4.83 Å². The van der Waals surface area contributed by atoms with E-state index < -0.39 is 10.0 Å². The van der Waals surface area contributed by atoms with E-state index in [2.05, 4.69) is 4.83 Å². The average Bonchev–Trinajstić information content (AvgIpc) is 2.33. The van der Waals surface area contributed by atoms with Crippen LogP contribution in [-0.4, -0.2) is 8.42 Å². The molecule has 1 aromatic heterocycles. The van der Waals surface area contributed by atoms with E-state index in [9.17, 15) is 8.42 Å². The average molecular weight is 248 g/mol. The second-order valence-corrected chi connectivity index (χ2v) is 5.14. The standard InChI is InChI=1S/C12H12N2O2S/c1-11-7-5-6-10-14(11)13-17(15,16)12-8-3-2-4-9-12/h2-10H,1H3. The summed E-state index contributed by atoms with van der Waals surface area (Å²) in [7, 11) is -3.65. The molecule has 88 valence electrons. The molecule has 0 radical (unpaired) electrons. The summed E-state index contributed by atoms with van der Waals surface area (Å²) in [6.45, 7) is 1.80. The van der Waals surface area contributed by atoms with Crippen LogP contribution in [0.5, 0.6) is 0 Å². The first-order valence-electron chi connectivity index (χ1n) is 5.10. The normalized spacial score (nSPS) is 11.1. The molecule has 5 heteroatoms. The van der Waals surface area contributed by atoms with Gasteiger partial charge in [0.1, 0.15) is 0 Å². The fourth-order valence-electron chi connectivity index (χ4n) is 1.37. The van der Waals surface area contributed by atoms with Crippen molar-refractivity contribution in [3.8, 4) is 0 Å². The van der Waals surface area contributed by atoms with Crippen LogP contribution in [0, 0.1) is 6.92 Å². The molecule has 0 saturated heterocycles. The molecule has 0 aliphatic heterocycles. The summed E-state index contributed by atoms with van der Waals surface area (Å²) in [6, 6.07) is 13.5. The molecule has 0 unspecified atom stereocenters. The Bertz CT molecular complexity index is 609. The summed E-state index contributed by atoms with van der Waals surface area (Å²) in [6.07, 6.45) is 1.61. The Balaban J connectivity index is 2.34. The van der Waals surface area contributed by atoms with Crippen molar-refractivity contribution in [2.24, 2.45) is 0 Å². The molecule has 0 spiro atoms. The highest BCUT2D eigenvalue weighted by atomic mass is 32.2. The van der Waals surface area contributed by atoms with Gasteiger partial charge in [0.25, 0.3) is 0 Å². The summed E-state index contributed by atoms with van der Waals surface area (Å²) in [4.78, 5) is 3.94. The van der Waals surface area contributed by atoms with E-state index in [0.29, 0.717) is 0 Å². The second kappa shape index (κ2) is 4.55. The Morgan fingerprint density at radius 2 is 1.65 bits per heavy atom. The summed E-state index contributed by atoms with van der Waals surface area (Å²) in [5.74, 6) is 0. The first-order valence-corrected chi connectivity index (χ1v) is 6.54. The van der Waals surface area contributed by atoms with Gasteiger partial charge in [0, 0.05) is 19.1 Å². The quantitative estimate of drug-likeness (QED) is 0.778. The Morgan fingerprint density at radius 3 is 2.29 bits per heavy atom. The summed E-state index contributed by atoms with van der Waals surface area (Å²) in [5.41, 5.74) is 0.756. The van der Waals surface area contributed by atoms with Crippen molar-refractivity contribution in [2.45, 2.75) is 11.8 Å². The van der Waals surface area contributed by atoms with Gasteiger partial charge in [0.2, 0.25) is 0 Å². The number of aromatic nitrogens is 1. The third-order valence-corrected chi connectivity index (χ3v) is 3.53. The smallest absolute Gasteiger partial charge is 0.174 e. The first kappa shape index (κ1) is 11.6. The Morgan fingerprint density at radius 1 is 1.00 bits per heavy atom. The Hall–Kier alpha value is -1.88. The monoisotopic (exact) mass is 248 g/mol. The van der Waals surface area contributed by atoms with Crippen LogP contribution in [0.4, 0.5) is 0 Å². The number of hydrogen-bond donors (Lipinski definition) is 0. The maximum absolute atomic E-state index is 12.0. The molecule has 0 fully saturated rings. The minimum Gasteiger partial charge on any atom is -0.318 e. The zero-order chi connectivity index (χ0) is 12.3. The summed E-state index contributed by atoms with van der Waals surface area (Å²) < 4.78 is 25.3. The lowest BCUT2D eigenvalue weighted by atomic mass is 10.4. The second-order valence-electron chi connectivity index (χ2n) is 3.56. The predicted octanol–water partition coefficient (Wildman–Crippen LogP) is 1.81. The highest BCUT2D eigenvalue weighted by molar-refractivity contribution is 7.93. The summed E-state index contributed by atoms with van der Waals surface area (Å²) >= 11 is 0. The largest absolute Gasteiger partial charge is 0.318 e. The lowest BCUT2D eigenvalue weighted by Crippen LogP contribution is -2.34. The fourth-order valence-corrected chi connectivity index (χ4v) is 2.38. The van der Waals surface area contributed by atoms with E-state index in [0.717, 1.165) is 5.69 Å². The predicted molar refractivity (Wildman–Crippen MR) is 63.8 cm³/mol. The van der Waals surface area contributed by atoms with Crippen molar-refractivity contribution in [3.05, 3.63) is 65.3 Å². The van der Waals surface area contributed by atoms with E-state index in [1.54, 1.807) is 43.5 Å². The van der Waals surface area contributed by atoms with Gasteiger partial charge >= 0.3 is 0 Å². The number of hydrogen-bond acceptors (Lipinski definition) is 2. The van der Waals surface area contributed by atoms with Crippen molar-refractivity contribution in [1.29, 1.82) is 0 Å². The molecule has 0 saturated carbocycles. The van der Waals surface area contributed by atoms with Gasteiger partial charge in [0.15, 0.2) is 21.9 Å². The zero-order valence-electron chi connectivity index (χ0n) is 9.32. The van der Waals surface area contributed by atoms with Crippen LogP contribution in [-0.2, 0) is 10.0 Å². The van der Waals surface area contributed by atoms with Crippen LogP contribution in [0.2, 0.25) is 0 Å².